The van der Waals surface area contributed by atoms with Crippen LogP contribution in [0.15, 0.2) is 11.8 Å². The quantitative estimate of drug-likeness (QED) is 0.617. The van der Waals surface area contributed by atoms with E-state index in [-0.39, 0.29) is 11.3 Å². The van der Waals surface area contributed by atoms with E-state index in [0.29, 0.717) is 0 Å². The van der Waals surface area contributed by atoms with Gasteiger partial charge >= 0.3 is 0 Å². The molecule has 2 nitrogen and oxygen atoms in total. The Hall–Kier alpha value is -0.790. The summed E-state index contributed by atoms with van der Waals surface area (Å²) in [7, 11) is 0. The first-order valence-electron chi connectivity index (χ1n) is 3.78. The molecule has 0 unspecified atom stereocenters. The zero-order valence-corrected chi connectivity index (χ0v) is 7.99. The second-order valence-corrected chi connectivity index (χ2v) is 3.81. The molecule has 0 atom stereocenters. The Balaban J connectivity index is 4.07. The van der Waals surface area contributed by atoms with Gasteiger partial charge < -0.3 is 5.32 Å². The minimum Gasteiger partial charge on any atom is -0.384 e. The van der Waals surface area contributed by atoms with E-state index in [0.717, 1.165) is 5.70 Å². The molecule has 0 fully saturated rings. The van der Waals surface area contributed by atoms with Gasteiger partial charge in [0.25, 0.3) is 0 Å². The lowest BCUT2D eigenvalue weighted by atomic mass is 10.1. The summed E-state index contributed by atoms with van der Waals surface area (Å²) in [6.07, 6.45) is 1.60. The number of allylic oxidation sites excluding steroid dienone is 2. The third-order valence-electron chi connectivity index (χ3n) is 0.992. The average molecular weight is 155 g/mol. The van der Waals surface area contributed by atoms with Gasteiger partial charge in [0.1, 0.15) is 0 Å². The summed E-state index contributed by atoms with van der Waals surface area (Å²) in [6, 6.07) is 0. The smallest absolute Gasteiger partial charge is 0.154 e. The van der Waals surface area contributed by atoms with Crippen molar-refractivity contribution < 1.29 is 4.79 Å². The highest BCUT2D eigenvalue weighted by Gasteiger charge is 2.08. The molecule has 64 valence electrons. The molecule has 0 aromatic heterocycles. The largest absolute Gasteiger partial charge is 0.384 e. The van der Waals surface area contributed by atoms with Gasteiger partial charge in [0.15, 0.2) is 5.78 Å². The zero-order chi connectivity index (χ0) is 9.07. The minimum absolute atomic E-state index is 0.0377. The highest BCUT2D eigenvalue weighted by atomic mass is 16.1. The number of rotatable bonds is 2. The average Bonchev–Trinajstić information content (AvgIpc) is 1.53. The van der Waals surface area contributed by atoms with E-state index >= 15 is 0 Å². The third-order valence-corrected chi connectivity index (χ3v) is 0.992. The van der Waals surface area contributed by atoms with Crippen molar-refractivity contribution in [3.8, 4) is 0 Å². The van der Waals surface area contributed by atoms with E-state index in [1.165, 1.54) is 0 Å². The molecule has 0 heterocycles. The van der Waals surface area contributed by atoms with Gasteiger partial charge in [-0.25, -0.2) is 0 Å². The molecule has 11 heavy (non-hydrogen) atoms. The molecule has 0 spiro atoms. The van der Waals surface area contributed by atoms with Crippen LogP contribution in [0.2, 0.25) is 0 Å². The molecule has 0 aliphatic carbocycles. The first kappa shape index (κ1) is 10.2. The lowest BCUT2D eigenvalue weighted by Gasteiger charge is -2.22. The van der Waals surface area contributed by atoms with Crippen LogP contribution in [0.3, 0.4) is 0 Å². The molecular formula is C9H17NO. The Morgan fingerprint density at radius 3 is 2.00 bits per heavy atom. The number of carbonyl (C=O) groups excluding carboxylic acids is 1. The first-order chi connectivity index (χ1) is 4.81. The second kappa shape index (κ2) is 3.56. The Morgan fingerprint density at radius 2 is 1.73 bits per heavy atom. The lowest BCUT2D eigenvalue weighted by Crippen LogP contribution is -2.34. The highest BCUT2D eigenvalue weighted by Crippen LogP contribution is 2.02. The highest BCUT2D eigenvalue weighted by molar-refractivity contribution is 5.87. The van der Waals surface area contributed by atoms with Crippen molar-refractivity contribution >= 4 is 5.78 Å². The SMILES string of the molecule is CC(=O)/C=C(\C)NC(C)(C)C. The maximum Gasteiger partial charge on any atom is 0.154 e. The number of hydrogen-bond acceptors (Lipinski definition) is 2. The van der Waals surface area contributed by atoms with E-state index < -0.39 is 0 Å². The van der Waals surface area contributed by atoms with Crippen LogP contribution in [0.5, 0.6) is 0 Å². The van der Waals surface area contributed by atoms with E-state index in [2.05, 4.69) is 26.1 Å². The van der Waals surface area contributed by atoms with Gasteiger partial charge in [-0.05, 0) is 40.7 Å². The standard InChI is InChI=1S/C9H17NO/c1-7(6-8(2)11)10-9(3,4)5/h6,10H,1-5H3/b7-6+. The van der Waals surface area contributed by atoms with Crippen molar-refractivity contribution in [2.45, 2.75) is 40.2 Å². The minimum atomic E-state index is 0.0377. The van der Waals surface area contributed by atoms with Crippen LogP contribution in [0.1, 0.15) is 34.6 Å². The van der Waals surface area contributed by atoms with Gasteiger partial charge in [-0.1, -0.05) is 0 Å². The molecule has 0 aliphatic heterocycles. The van der Waals surface area contributed by atoms with Crippen molar-refractivity contribution in [1.29, 1.82) is 0 Å². The van der Waals surface area contributed by atoms with Crippen molar-refractivity contribution in [2.24, 2.45) is 0 Å². The van der Waals surface area contributed by atoms with Crippen LogP contribution in [0.25, 0.3) is 0 Å². The number of ketones is 1. The number of nitrogens with one attached hydrogen (secondary N) is 1. The molecule has 0 bridgehead atoms. The van der Waals surface area contributed by atoms with Crippen molar-refractivity contribution in [2.75, 3.05) is 0 Å². The molecule has 0 aromatic rings. The molecule has 0 aromatic carbocycles. The predicted octanol–water partition coefficient (Wildman–Crippen LogP) is 1.87. The molecule has 0 rings (SSSR count). The van der Waals surface area contributed by atoms with Crippen LogP contribution in [-0.2, 0) is 4.79 Å². The van der Waals surface area contributed by atoms with Gasteiger partial charge in [0.2, 0.25) is 0 Å². The molecular weight excluding hydrogens is 138 g/mol. The van der Waals surface area contributed by atoms with E-state index in [1.807, 2.05) is 6.92 Å². The molecule has 0 aliphatic rings. The van der Waals surface area contributed by atoms with E-state index in [1.54, 1.807) is 13.0 Å². The van der Waals surface area contributed by atoms with Crippen molar-refractivity contribution in [3.05, 3.63) is 11.8 Å². The molecule has 0 saturated carbocycles. The monoisotopic (exact) mass is 155 g/mol. The Kier molecular flexibility index (Phi) is 3.30. The van der Waals surface area contributed by atoms with Crippen molar-refractivity contribution in [1.82, 2.24) is 5.32 Å². The van der Waals surface area contributed by atoms with Crippen molar-refractivity contribution in [3.63, 3.8) is 0 Å². The third kappa shape index (κ3) is 7.10. The van der Waals surface area contributed by atoms with Crippen LogP contribution in [0.4, 0.5) is 0 Å². The first-order valence-corrected chi connectivity index (χ1v) is 3.78. The van der Waals surface area contributed by atoms with Gasteiger partial charge in [0.05, 0.1) is 0 Å². The maximum atomic E-state index is 10.6. The summed E-state index contributed by atoms with van der Waals surface area (Å²) >= 11 is 0. The summed E-state index contributed by atoms with van der Waals surface area (Å²) < 4.78 is 0. The maximum absolute atomic E-state index is 10.6. The molecule has 2 heteroatoms. The predicted molar refractivity (Wildman–Crippen MR) is 47.3 cm³/mol. The van der Waals surface area contributed by atoms with Gasteiger partial charge in [0, 0.05) is 11.2 Å². The van der Waals surface area contributed by atoms with E-state index in [4.69, 9.17) is 0 Å². The fourth-order valence-corrected chi connectivity index (χ4v) is 0.932. The molecule has 0 amide bonds. The Morgan fingerprint density at radius 1 is 1.27 bits per heavy atom. The van der Waals surface area contributed by atoms with Crippen LogP contribution < -0.4 is 5.32 Å². The summed E-state index contributed by atoms with van der Waals surface area (Å²) in [6.45, 7) is 9.62. The summed E-state index contributed by atoms with van der Waals surface area (Å²) in [5.74, 6) is 0.0826. The summed E-state index contributed by atoms with van der Waals surface area (Å²) in [5.41, 5.74) is 0.959. The fourth-order valence-electron chi connectivity index (χ4n) is 0.932. The van der Waals surface area contributed by atoms with E-state index in [9.17, 15) is 4.79 Å². The number of carbonyl (C=O) groups is 1. The molecule has 0 saturated heterocycles. The number of hydrogen-bond donors (Lipinski definition) is 1. The summed E-state index contributed by atoms with van der Waals surface area (Å²) in [5, 5.41) is 3.19. The zero-order valence-electron chi connectivity index (χ0n) is 7.99. The van der Waals surface area contributed by atoms with Crippen LogP contribution in [0, 0.1) is 0 Å². The Bertz CT molecular complexity index is 174. The van der Waals surface area contributed by atoms with Gasteiger partial charge in [-0.15, -0.1) is 0 Å². The lowest BCUT2D eigenvalue weighted by molar-refractivity contribution is -0.112. The van der Waals surface area contributed by atoms with Gasteiger partial charge in [-0.2, -0.15) is 0 Å². The Labute approximate surface area is 68.7 Å². The normalized spacial score (nSPS) is 13.0. The van der Waals surface area contributed by atoms with Crippen LogP contribution in [-0.4, -0.2) is 11.3 Å². The topological polar surface area (TPSA) is 29.1 Å². The van der Waals surface area contributed by atoms with Gasteiger partial charge in [-0.3, -0.25) is 4.79 Å². The molecule has 0 radical (unpaired) electrons. The summed E-state index contributed by atoms with van der Waals surface area (Å²) in [4.78, 5) is 10.6. The van der Waals surface area contributed by atoms with Crippen LogP contribution >= 0.6 is 0 Å². The molecule has 1 N–H and O–H groups in total. The second-order valence-electron chi connectivity index (χ2n) is 3.81. The fraction of sp³-hybridized carbons (Fsp3) is 0.667.